The lowest BCUT2D eigenvalue weighted by atomic mass is 10.1. The summed E-state index contributed by atoms with van der Waals surface area (Å²) in [5, 5.41) is 4.27. The average molecular weight is 283 g/mol. The second-order valence-corrected chi connectivity index (χ2v) is 5.70. The molecule has 1 N–H and O–H groups in total. The maximum Gasteiger partial charge on any atom is 0.0641 e. The van der Waals surface area contributed by atoms with Gasteiger partial charge in [0.25, 0.3) is 0 Å². The van der Waals surface area contributed by atoms with E-state index in [1.54, 1.807) is 0 Å². The Balaban J connectivity index is 2.17. The summed E-state index contributed by atoms with van der Waals surface area (Å²) in [5.41, 5.74) is 2.55. The van der Waals surface area contributed by atoms with E-state index in [-0.39, 0.29) is 0 Å². The van der Waals surface area contributed by atoms with E-state index in [0.717, 1.165) is 44.3 Å². The van der Waals surface area contributed by atoms with Gasteiger partial charge in [-0.3, -0.25) is 0 Å². The molecule has 0 aromatic heterocycles. The van der Waals surface area contributed by atoms with Crippen molar-refractivity contribution in [2.45, 2.75) is 32.9 Å². The van der Waals surface area contributed by atoms with Gasteiger partial charge in [0.1, 0.15) is 0 Å². The Labute approximate surface area is 120 Å². The molecule has 0 aliphatic carbocycles. The van der Waals surface area contributed by atoms with Gasteiger partial charge < -0.3 is 15.0 Å². The van der Waals surface area contributed by atoms with Crippen LogP contribution in [0.25, 0.3) is 0 Å². The Morgan fingerprint density at radius 1 is 1.32 bits per heavy atom. The Hall–Kier alpha value is -0.770. The van der Waals surface area contributed by atoms with Gasteiger partial charge in [-0.1, -0.05) is 31.5 Å². The molecule has 1 fully saturated rings. The molecular formula is C15H23ClN2O. The summed E-state index contributed by atoms with van der Waals surface area (Å²) in [6, 6.07) is 6.65. The molecule has 3 nitrogen and oxygen atoms in total. The first-order chi connectivity index (χ1) is 9.16. The van der Waals surface area contributed by atoms with E-state index in [9.17, 15) is 0 Å². The third kappa shape index (κ3) is 4.37. The maximum absolute atomic E-state index is 6.16. The topological polar surface area (TPSA) is 24.5 Å². The minimum atomic E-state index is 0.482. The molecule has 1 aromatic rings. The van der Waals surface area contributed by atoms with Crippen LogP contribution < -0.4 is 10.2 Å². The van der Waals surface area contributed by atoms with Crippen molar-refractivity contribution in [1.82, 2.24) is 5.32 Å². The minimum absolute atomic E-state index is 0.482. The highest BCUT2D eigenvalue weighted by Crippen LogP contribution is 2.26. The predicted molar refractivity (Wildman–Crippen MR) is 81.1 cm³/mol. The number of ether oxygens (including phenoxy) is 1. The van der Waals surface area contributed by atoms with Crippen LogP contribution in [0.5, 0.6) is 0 Å². The summed E-state index contributed by atoms with van der Waals surface area (Å²) in [5.74, 6) is 0. The number of rotatable bonds is 4. The second kappa shape index (κ2) is 7.13. The molecule has 1 heterocycles. The lowest BCUT2D eigenvalue weighted by Gasteiger charge is -2.25. The van der Waals surface area contributed by atoms with E-state index in [4.69, 9.17) is 16.3 Å². The van der Waals surface area contributed by atoms with Gasteiger partial charge in [-0.05, 0) is 24.1 Å². The van der Waals surface area contributed by atoms with E-state index < -0.39 is 0 Å². The van der Waals surface area contributed by atoms with Gasteiger partial charge in [0.05, 0.1) is 6.61 Å². The number of nitrogens with one attached hydrogen (secondary N) is 1. The molecule has 0 radical (unpaired) electrons. The van der Waals surface area contributed by atoms with Crippen LogP contribution in [0.2, 0.25) is 5.02 Å². The summed E-state index contributed by atoms with van der Waals surface area (Å²) >= 11 is 6.16. The molecule has 1 aliphatic rings. The number of anilines is 1. The lowest BCUT2D eigenvalue weighted by molar-refractivity contribution is 0.152. The Morgan fingerprint density at radius 2 is 2.16 bits per heavy atom. The van der Waals surface area contributed by atoms with Crippen molar-refractivity contribution < 1.29 is 4.74 Å². The quantitative estimate of drug-likeness (QED) is 0.919. The standard InChI is InChI=1S/C15H23ClN2O/c1-12(2)17-11-13-4-5-14(16)10-15(13)18-6-3-8-19-9-7-18/h4-5,10,12,17H,3,6-9,11H2,1-2H3. The van der Waals surface area contributed by atoms with Crippen molar-refractivity contribution in [3.8, 4) is 0 Å². The van der Waals surface area contributed by atoms with Gasteiger partial charge in [-0.25, -0.2) is 0 Å². The minimum Gasteiger partial charge on any atom is -0.380 e. The van der Waals surface area contributed by atoms with Gasteiger partial charge in [0.15, 0.2) is 0 Å². The van der Waals surface area contributed by atoms with Crippen molar-refractivity contribution in [2.24, 2.45) is 0 Å². The Morgan fingerprint density at radius 3 is 2.95 bits per heavy atom. The molecule has 2 rings (SSSR count). The largest absolute Gasteiger partial charge is 0.380 e. The van der Waals surface area contributed by atoms with Crippen LogP contribution >= 0.6 is 11.6 Å². The van der Waals surface area contributed by atoms with E-state index in [2.05, 4.69) is 36.2 Å². The zero-order valence-corrected chi connectivity index (χ0v) is 12.5. The van der Waals surface area contributed by atoms with Crippen LogP contribution in [0.3, 0.4) is 0 Å². The normalized spacial score (nSPS) is 16.7. The highest BCUT2D eigenvalue weighted by atomic mass is 35.5. The molecule has 0 bridgehead atoms. The van der Waals surface area contributed by atoms with Gasteiger partial charge in [-0.15, -0.1) is 0 Å². The van der Waals surface area contributed by atoms with E-state index >= 15 is 0 Å². The number of nitrogens with zero attached hydrogens (tertiary/aromatic N) is 1. The van der Waals surface area contributed by atoms with Crippen LogP contribution in [0.1, 0.15) is 25.8 Å². The van der Waals surface area contributed by atoms with E-state index in [0.29, 0.717) is 6.04 Å². The monoisotopic (exact) mass is 282 g/mol. The molecule has 0 atom stereocenters. The van der Waals surface area contributed by atoms with Crippen LogP contribution in [0, 0.1) is 0 Å². The fourth-order valence-corrected chi connectivity index (χ4v) is 2.45. The number of halogens is 1. The molecule has 0 saturated carbocycles. The van der Waals surface area contributed by atoms with Crippen molar-refractivity contribution in [3.63, 3.8) is 0 Å². The fraction of sp³-hybridized carbons (Fsp3) is 0.600. The third-order valence-corrected chi connectivity index (χ3v) is 3.55. The van der Waals surface area contributed by atoms with Crippen LogP contribution in [-0.2, 0) is 11.3 Å². The number of benzene rings is 1. The summed E-state index contributed by atoms with van der Waals surface area (Å²) in [7, 11) is 0. The average Bonchev–Trinajstić information content (AvgIpc) is 2.65. The molecule has 19 heavy (non-hydrogen) atoms. The van der Waals surface area contributed by atoms with Crippen LogP contribution in [0.4, 0.5) is 5.69 Å². The van der Waals surface area contributed by atoms with Crippen molar-refractivity contribution in [1.29, 1.82) is 0 Å². The molecule has 106 valence electrons. The van der Waals surface area contributed by atoms with Crippen molar-refractivity contribution in [3.05, 3.63) is 28.8 Å². The van der Waals surface area contributed by atoms with Crippen molar-refractivity contribution in [2.75, 3.05) is 31.2 Å². The van der Waals surface area contributed by atoms with Gasteiger partial charge >= 0.3 is 0 Å². The van der Waals surface area contributed by atoms with Crippen molar-refractivity contribution >= 4 is 17.3 Å². The van der Waals surface area contributed by atoms with Gasteiger partial charge in [-0.2, -0.15) is 0 Å². The SMILES string of the molecule is CC(C)NCc1ccc(Cl)cc1N1CCCOCC1. The Bertz CT molecular complexity index is 401. The number of hydrogen-bond acceptors (Lipinski definition) is 3. The van der Waals surface area contributed by atoms with Gasteiger partial charge in [0.2, 0.25) is 0 Å². The molecule has 1 saturated heterocycles. The number of hydrogen-bond donors (Lipinski definition) is 1. The van der Waals surface area contributed by atoms with Gasteiger partial charge in [0, 0.05) is 43.0 Å². The fourth-order valence-electron chi connectivity index (χ4n) is 2.28. The zero-order chi connectivity index (χ0) is 13.7. The Kier molecular flexibility index (Phi) is 5.49. The predicted octanol–water partition coefficient (Wildman–Crippen LogP) is 3.06. The molecule has 0 amide bonds. The smallest absolute Gasteiger partial charge is 0.0641 e. The van der Waals surface area contributed by atoms with Crippen LogP contribution in [-0.4, -0.2) is 32.3 Å². The summed E-state index contributed by atoms with van der Waals surface area (Å²) in [4.78, 5) is 2.39. The lowest BCUT2D eigenvalue weighted by Crippen LogP contribution is -2.29. The third-order valence-electron chi connectivity index (χ3n) is 3.31. The molecule has 4 heteroatoms. The highest BCUT2D eigenvalue weighted by Gasteiger charge is 2.14. The zero-order valence-electron chi connectivity index (χ0n) is 11.8. The summed E-state index contributed by atoms with van der Waals surface area (Å²) < 4.78 is 5.52. The summed E-state index contributed by atoms with van der Waals surface area (Å²) in [6.45, 7) is 8.83. The first-order valence-electron chi connectivity index (χ1n) is 7.01. The van der Waals surface area contributed by atoms with Crippen LogP contribution in [0.15, 0.2) is 18.2 Å². The van der Waals surface area contributed by atoms with E-state index in [1.165, 1.54) is 11.3 Å². The second-order valence-electron chi connectivity index (χ2n) is 5.26. The maximum atomic E-state index is 6.16. The van der Waals surface area contributed by atoms with E-state index in [1.807, 2.05) is 6.07 Å². The summed E-state index contributed by atoms with van der Waals surface area (Å²) in [6.07, 6.45) is 1.07. The molecular weight excluding hydrogens is 260 g/mol. The first-order valence-corrected chi connectivity index (χ1v) is 7.39. The highest BCUT2D eigenvalue weighted by molar-refractivity contribution is 6.30. The molecule has 1 aliphatic heterocycles. The molecule has 0 spiro atoms. The molecule has 1 aromatic carbocycles. The first kappa shape index (κ1) is 14.6. The molecule has 0 unspecified atom stereocenters.